The SMILES string of the molecule is O=C(Cl)C1(c2c(F)cccc2Cl)CC1. The first-order chi connectivity index (χ1) is 6.58. The van der Waals surface area contributed by atoms with Gasteiger partial charge in [-0.05, 0) is 36.6 Å². The maximum absolute atomic E-state index is 13.5. The van der Waals surface area contributed by atoms with Crippen LogP contribution >= 0.6 is 23.2 Å². The molecule has 0 radical (unpaired) electrons. The Balaban J connectivity index is 2.56. The van der Waals surface area contributed by atoms with Crippen molar-refractivity contribution < 1.29 is 9.18 Å². The predicted molar refractivity (Wildman–Crippen MR) is 53.2 cm³/mol. The van der Waals surface area contributed by atoms with E-state index in [-0.39, 0.29) is 10.6 Å². The number of halogens is 3. The lowest BCUT2D eigenvalue weighted by Crippen LogP contribution is -2.17. The molecule has 0 aliphatic heterocycles. The normalized spacial score (nSPS) is 17.9. The van der Waals surface area contributed by atoms with E-state index in [1.807, 2.05) is 0 Å². The fourth-order valence-electron chi connectivity index (χ4n) is 1.62. The zero-order valence-corrected chi connectivity index (χ0v) is 8.70. The van der Waals surface area contributed by atoms with Gasteiger partial charge in [-0.25, -0.2) is 4.39 Å². The van der Waals surface area contributed by atoms with E-state index >= 15 is 0 Å². The maximum Gasteiger partial charge on any atom is 0.232 e. The summed E-state index contributed by atoms with van der Waals surface area (Å²) in [5, 5.41) is -0.249. The van der Waals surface area contributed by atoms with Crippen LogP contribution in [0.2, 0.25) is 5.02 Å². The molecule has 1 aliphatic carbocycles. The summed E-state index contributed by atoms with van der Waals surface area (Å²) in [4.78, 5) is 11.2. The van der Waals surface area contributed by atoms with Gasteiger partial charge in [0.05, 0.1) is 5.41 Å². The molecule has 74 valence electrons. The summed E-state index contributed by atoms with van der Waals surface area (Å²) in [5.74, 6) is -0.455. The lowest BCUT2D eigenvalue weighted by atomic mass is 9.97. The molecule has 1 fully saturated rings. The van der Waals surface area contributed by atoms with Gasteiger partial charge in [-0.15, -0.1) is 0 Å². The molecule has 0 bridgehead atoms. The summed E-state index contributed by atoms with van der Waals surface area (Å²) in [6, 6.07) is 4.37. The van der Waals surface area contributed by atoms with Gasteiger partial charge in [0.1, 0.15) is 5.82 Å². The highest BCUT2D eigenvalue weighted by Crippen LogP contribution is 2.52. The van der Waals surface area contributed by atoms with Crippen LogP contribution in [0.15, 0.2) is 18.2 Å². The molecule has 0 saturated heterocycles. The fraction of sp³-hybridized carbons (Fsp3) is 0.300. The minimum Gasteiger partial charge on any atom is -0.280 e. The van der Waals surface area contributed by atoms with Crippen LogP contribution in [0.5, 0.6) is 0 Å². The van der Waals surface area contributed by atoms with Crippen molar-refractivity contribution in [1.29, 1.82) is 0 Å². The molecule has 14 heavy (non-hydrogen) atoms. The van der Waals surface area contributed by atoms with Gasteiger partial charge < -0.3 is 0 Å². The third-order valence-corrected chi connectivity index (χ3v) is 3.24. The zero-order valence-electron chi connectivity index (χ0n) is 7.19. The molecule has 0 unspecified atom stereocenters. The minimum absolute atomic E-state index is 0.252. The summed E-state index contributed by atoms with van der Waals surface area (Å²) in [6.07, 6.45) is 1.16. The molecular formula is C10H7Cl2FO. The van der Waals surface area contributed by atoms with E-state index in [9.17, 15) is 9.18 Å². The van der Waals surface area contributed by atoms with Crippen molar-refractivity contribution in [2.45, 2.75) is 18.3 Å². The molecule has 2 rings (SSSR count). The molecule has 1 aromatic carbocycles. The van der Waals surface area contributed by atoms with Crippen molar-refractivity contribution in [3.05, 3.63) is 34.6 Å². The van der Waals surface area contributed by atoms with Crippen molar-refractivity contribution in [2.24, 2.45) is 0 Å². The molecule has 1 aromatic rings. The van der Waals surface area contributed by atoms with Gasteiger partial charge in [0, 0.05) is 10.6 Å². The second kappa shape index (κ2) is 3.21. The molecule has 1 aliphatic rings. The number of rotatable bonds is 2. The molecule has 1 nitrogen and oxygen atoms in total. The first kappa shape index (κ1) is 9.94. The van der Waals surface area contributed by atoms with Crippen LogP contribution in [0.4, 0.5) is 4.39 Å². The largest absolute Gasteiger partial charge is 0.280 e. The molecule has 1 saturated carbocycles. The van der Waals surface area contributed by atoms with E-state index in [0.29, 0.717) is 12.8 Å². The number of hydrogen-bond donors (Lipinski definition) is 0. The van der Waals surface area contributed by atoms with E-state index in [2.05, 4.69) is 0 Å². The van der Waals surface area contributed by atoms with Gasteiger partial charge >= 0.3 is 0 Å². The second-order valence-electron chi connectivity index (χ2n) is 3.45. The monoisotopic (exact) mass is 232 g/mol. The van der Waals surface area contributed by atoms with Gasteiger partial charge in [-0.1, -0.05) is 17.7 Å². The van der Waals surface area contributed by atoms with Crippen molar-refractivity contribution >= 4 is 28.4 Å². The summed E-state index contributed by atoms with van der Waals surface area (Å²) in [6.45, 7) is 0. The summed E-state index contributed by atoms with van der Waals surface area (Å²) in [5.41, 5.74) is -0.606. The van der Waals surface area contributed by atoms with Crippen LogP contribution in [0.25, 0.3) is 0 Å². The van der Waals surface area contributed by atoms with Gasteiger partial charge in [0.25, 0.3) is 0 Å². The minimum atomic E-state index is -0.857. The van der Waals surface area contributed by atoms with Crippen LogP contribution in [-0.2, 0) is 10.2 Å². The highest BCUT2D eigenvalue weighted by molar-refractivity contribution is 6.66. The molecule has 0 amide bonds. The number of carbonyl (C=O) groups excluding carboxylic acids is 1. The zero-order chi connectivity index (χ0) is 10.3. The van der Waals surface area contributed by atoms with Crippen LogP contribution in [0, 0.1) is 5.82 Å². The Kier molecular flexibility index (Phi) is 2.28. The van der Waals surface area contributed by atoms with Crippen molar-refractivity contribution in [3.8, 4) is 0 Å². The first-order valence-corrected chi connectivity index (χ1v) is 4.98. The molecular weight excluding hydrogens is 226 g/mol. The van der Waals surface area contributed by atoms with E-state index in [0.717, 1.165) is 0 Å². The fourth-order valence-corrected chi connectivity index (χ4v) is 2.25. The summed E-state index contributed by atoms with van der Waals surface area (Å²) >= 11 is 11.3. The highest BCUT2D eigenvalue weighted by atomic mass is 35.5. The average Bonchev–Trinajstić information content (AvgIpc) is 2.85. The predicted octanol–water partition coefficient (Wildman–Crippen LogP) is 3.28. The topological polar surface area (TPSA) is 17.1 Å². The Morgan fingerprint density at radius 3 is 2.50 bits per heavy atom. The van der Waals surface area contributed by atoms with Crippen molar-refractivity contribution in [3.63, 3.8) is 0 Å². The summed E-state index contributed by atoms with van der Waals surface area (Å²) < 4.78 is 13.5. The lowest BCUT2D eigenvalue weighted by molar-refractivity contribution is -0.113. The van der Waals surface area contributed by atoms with Gasteiger partial charge in [-0.2, -0.15) is 0 Å². The van der Waals surface area contributed by atoms with Crippen LogP contribution in [-0.4, -0.2) is 5.24 Å². The number of benzene rings is 1. The van der Waals surface area contributed by atoms with Crippen molar-refractivity contribution in [2.75, 3.05) is 0 Å². The third kappa shape index (κ3) is 1.33. The van der Waals surface area contributed by atoms with Crippen LogP contribution in [0.1, 0.15) is 18.4 Å². The van der Waals surface area contributed by atoms with E-state index < -0.39 is 16.5 Å². The summed E-state index contributed by atoms with van der Waals surface area (Å²) in [7, 11) is 0. The smallest absolute Gasteiger partial charge is 0.232 e. The molecule has 0 spiro atoms. The Morgan fingerprint density at radius 1 is 1.43 bits per heavy atom. The molecule has 0 heterocycles. The number of carbonyl (C=O) groups is 1. The molecule has 0 N–H and O–H groups in total. The number of hydrogen-bond acceptors (Lipinski definition) is 1. The highest BCUT2D eigenvalue weighted by Gasteiger charge is 2.53. The Bertz CT molecular complexity index is 379. The van der Waals surface area contributed by atoms with Crippen molar-refractivity contribution in [1.82, 2.24) is 0 Å². The quantitative estimate of drug-likeness (QED) is 0.716. The van der Waals surface area contributed by atoms with Gasteiger partial charge in [0.2, 0.25) is 5.24 Å². The van der Waals surface area contributed by atoms with E-state index in [1.165, 1.54) is 12.1 Å². The first-order valence-electron chi connectivity index (χ1n) is 4.22. The Labute approximate surface area is 90.8 Å². The lowest BCUT2D eigenvalue weighted by Gasteiger charge is -2.12. The maximum atomic E-state index is 13.5. The van der Waals surface area contributed by atoms with E-state index in [4.69, 9.17) is 23.2 Å². The second-order valence-corrected chi connectivity index (χ2v) is 4.20. The Morgan fingerprint density at radius 2 is 2.07 bits per heavy atom. The third-order valence-electron chi connectivity index (χ3n) is 2.57. The Hall–Kier alpha value is -0.600. The molecule has 0 aromatic heterocycles. The van der Waals surface area contributed by atoms with E-state index in [1.54, 1.807) is 6.07 Å². The van der Waals surface area contributed by atoms with Gasteiger partial charge in [-0.3, -0.25) is 4.79 Å². The molecule has 4 heteroatoms. The standard InChI is InChI=1S/C10H7Cl2FO/c11-6-2-1-3-7(13)8(6)10(4-5-10)9(12)14/h1-3H,4-5H2. The van der Waals surface area contributed by atoms with Crippen LogP contribution in [0.3, 0.4) is 0 Å². The van der Waals surface area contributed by atoms with Crippen LogP contribution < -0.4 is 0 Å². The average molecular weight is 233 g/mol. The van der Waals surface area contributed by atoms with Gasteiger partial charge in [0.15, 0.2) is 0 Å². The molecule has 0 atom stereocenters.